The summed E-state index contributed by atoms with van der Waals surface area (Å²) in [7, 11) is 0. The fourth-order valence-corrected chi connectivity index (χ4v) is 3.26. The van der Waals surface area contributed by atoms with Crippen LogP contribution in [0, 0.1) is 0 Å². The third-order valence-corrected chi connectivity index (χ3v) is 4.76. The van der Waals surface area contributed by atoms with Crippen LogP contribution in [0.25, 0.3) is 0 Å². The van der Waals surface area contributed by atoms with Crippen molar-refractivity contribution in [1.29, 1.82) is 0 Å². The largest absolute Gasteiger partial charge is 0.363 e. The lowest BCUT2D eigenvalue weighted by molar-refractivity contribution is 0.0953. The molecule has 3 aromatic rings. The van der Waals surface area contributed by atoms with E-state index in [1.807, 2.05) is 24.3 Å². The molecular formula is C20H23N7O. The van der Waals surface area contributed by atoms with Crippen LogP contribution in [0.3, 0.4) is 0 Å². The Bertz CT molecular complexity index is 921. The Balaban J connectivity index is 1.22. The van der Waals surface area contributed by atoms with Crippen molar-refractivity contribution < 1.29 is 4.79 Å². The van der Waals surface area contributed by atoms with E-state index < -0.39 is 0 Å². The zero-order valence-electron chi connectivity index (χ0n) is 15.6. The fraction of sp³-hybridized carbons (Fsp3) is 0.350. The summed E-state index contributed by atoms with van der Waals surface area (Å²) in [5.41, 5.74) is 1.58. The highest BCUT2D eigenvalue weighted by Gasteiger charge is 2.16. The van der Waals surface area contributed by atoms with E-state index in [9.17, 15) is 4.79 Å². The maximum Gasteiger partial charge on any atom is 0.252 e. The average molecular weight is 377 g/mol. The minimum absolute atomic E-state index is 0.115. The SMILES string of the molecule is O=C(NCCCc1ccccn1)c1ccc(NCc2nnc3n2CCC3)nc1. The Hall–Kier alpha value is -3.29. The van der Waals surface area contributed by atoms with Gasteiger partial charge in [0, 0.05) is 37.6 Å². The van der Waals surface area contributed by atoms with Gasteiger partial charge in [0.25, 0.3) is 5.91 Å². The Kier molecular flexibility index (Phi) is 5.56. The summed E-state index contributed by atoms with van der Waals surface area (Å²) in [4.78, 5) is 20.8. The molecule has 1 aliphatic rings. The molecule has 0 aromatic carbocycles. The van der Waals surface area contributed by atoms with Crippen molar-refractivity contribution >= 4 is 11.7 Å². The van der Waals surface area contributed by atoms with Crippen LogP contribution in [0.1, 0.15) is 40.5 Å². The number of carbonyl (C=O) groups excluding carboxylic acids is 1. The first-order valence-corrected chi connectivity index (χ1v) is 9.58. The van der Waals surface area contributed by atoms with Gasteiger partial charge in [0.05, 0.1) is 12.1 Å². The van der Waals surface area contributed by atoms with Crippen LogP contribution in [0.4, 0.5) is 5.82 Å². The molecule has 0 radical (unpaired) electrons. The van der Waals surface area contributed by atoms with E-state index in [0.29, 0.717) is 24.5 Å². The number of hydrogen-bond acceptors (Lipinski definition) is 6. The average Bonchev–Trinajstić information content (AvgIpc) is 3.35. The molecule has 0 spiro atoms. The minimum atomic E-state index is -0.115. The van der Waals surface area contributed by atoms with Crippen LogP contribution in [0.5, 0.6) is 0 Å². The molecule has 1 amide bonds. The highest BCUT2D eigenvalue weighted by atomic mass is 16.1. The van der Waals surface area contributed by atoms with E-state index in [4.69, 9.17) is 0 Å². The fourth-order valence-electron chi connectivity index (χ4n) is 3.26. The van der Waals surface area contributed by atoms with E-state index in [1.54, 1.807) is 18.5 Å². The number of nitrogens with zero attached hydrogens (tertiary/aromatic N) is 5. The van der Waals surface area contributed by atoms with Crippen LogP contribution in [-0.2, 0) is 25.9 Å². The van der Waals surface area contributed by atoms with Crippen molar-refractivity contribution in [2.75, 3.05) is 11.9 Å². The Morgan fingerprint density at radius 3 is 2.93 bits per heavy atom. The second-order valence-corrected chi connectivity index (χ2v) is 6.75. The minimum Gasteiger partial charge on any atom is -0.363 e. The van der Waals surface area contributed by atoms with E-state index >= 15 is 0 Å². The van der Waals surface area contributed by atoms with Gasteiger partial charge in [-0.15, -0.1) is 10.2 Å². The highest BCUT2D eigenvalue weighted by Crippen LogP contribution is 2.15. The molecule has 0 saturated heterocycles. The molecule has 0 fully saturated rings. The van der Waals surface area contributed by atoms with Crippen LogP contribution < -0.4 is 10.6 Å². The molecule has 0 unspecified atom stereocenters. The molecule has 8 heteroatoms. The van der Waals surface area contributed by atoms with E-state index in [0.717, 1.165) is 49.6 Å². The summed E-state index contributed by atoms with van der Waals surface area (Å²) in [6.07, 6.45) is 7.18. The van der Waals surface area contributed by atoms with Gasteiger partial charge in [0.2, 0.25) is 0 Å². The van der Waals surface area contributed by atoms with Gasteiger partial charge in [-0.25, -0.2) is 4.98 Å². The van der Waals surface area contributed by atoms with Gasteiger partial charge < -0.3 is 15.2 Å². The van der Waals surface area contributed by atoms with Crippen LogP contribution in [-0.4, -0.2) is 37.2 Å². The van der Waals surface area contributed by atoms with E-state index in [2.05, 4.69) is 35.4 Å². The number of fused-ring (bicyclic) bond motifs is 1. The number of amides is 1. The molecule has 4 heterocycles. The number of carbonyl (C=O) groups is 1. The second-order valence-electron chi connectivity index (χ2n) is 6.75. The molecule has 0 aliphatic carbocycles. The number of aryl methyl sites for hydroxylation is 2. The van der Waals surface area contributed by atoms with Crippen molar-refractivity contribution in [3.8, 4) is 0 Å². The number of anilines is 1. The first kappa shape index (κ1) is 18.1. The first-order valence-electron chi connectivity index (χ1n) is 9.58. The lowest BCUT2D eigenvalue weighted by atomic mass is 10.2. The van der Waals surface area contributed by atoms with E-state index in [-0.39, 0.29) is 5.91 Å². The molecule has 28 heavy (non-hydrogen) atoms. The molecule has 0 atom stereocenters. The molecule has 0 saturated carbocycles. The number of hydrogen-bond donors (Lipinski definition) is 2. The molecule has 1 aliphatic heterocycles. The predicted octanol–water partition coefficient (Wildman–Crippen LogP) is 1.99. The second kappa shape index (κ2) is 8.60. The summed E-state index contributed by atoms with van der Waals surface area (Å²) in [5, 5.41) is 14.6. The van der Waals surface area contributed by atoms with Crippen molar-refractivity contribution in [2.24, 2.45) is 0 Å². The van der Waals surface area contributed by atoms with Gasteiger partial charge in [-0.05, 0) is 43.5 Å². The zero-order valence-corrected chi connectivity index (χ0v) is 15.6. The lowest BCUT2D eigenvalue weighted by Crippen LogP contribution is -2.25. The number of rotatable bonds is 8. The summed E-state index contributed by atoms with van der Waals surface area (Å²) in [5.74, 6) is 2.57. The summed E-state index contributed by atoms with van der Waals surface area (Å²) >= 11 is 0. The standard InChI is InChI=1S/C20H23N7O/c28-20(22-11-3-6-16-5-1-2-10-21-16)15-8-9-17(23-13-15)24-14-19-26-25-18-7-4-12-27(18)19/h1-2,5,8-10,13H,3-4,6-7,11-12,14H2,(H,22,28)(H,23,24). The van der Waals surface area contributed by atoms with Crippen molar-refractivity contribution in [1.82, 2.24) is 30.0 Å². The van der Waals surface area contributed by atoms with Crippen LogP contribution in [0.2, 0.25) is 0 Å². The number of aromatic nitrogens is 5. The Morgan fingerprint density at radius 2 is 2.11 bits per heavy atom. The zero-order chi connectivity index (χ0) is 19.2. The van der Waals surface area contributed by atoms with Crippen molar-refractivity contribution in [3.05, 3.63) is 65.6 Å². The van der Waals surface area contributed by atoms with Crippen molar-refractivity contribution in [2.45, 2.75) is 38.8 Å². The summed E-state index contributed by atoms with van der Waals surface area (Å²) in [6.45, 7) is 2.15. The predicted molar refractivity (Wildman–Crippen MR) is 105 cm³/mol. The van der Waals surface area contributed by atoms with Crippen LogP contribution >= 0.6 is 0 Å². The molecular weight excluding hydrogens is 354 g/mol. The van der Waals surface area contributed by atoms with E-state index in [1.165, 1.54) is 0 Å². The molecule has 8 nitrogen and oxygen atoms in total. The normalized spacial score (nSPS) is 12.6. The quantitative estimate of drug-likeness (QED) is 0.583. The third-order valence-electron chi connectivity index (χ3n) is 4.76. The third kappa shape index (κ3) is 4.33. The topological polar surface area (TPSA) is 97.6 Å². The monoisotopic (exact) mass is 377 g/mol. The summed E-state index contributed by atoms with van der Waals surface area (Å²) in [6, 6.07) is 9.45. The first-order chi connectivity index (χ1) is 13.8. The number of nitrogens with one attached hydrogen (secondary N) is 2. The van der Waals surface area contributed by atoms with Gasteiger partial charge in [-0.2, -0.15) is 0 Å². The van der Waals surface area contributed by atoms with Gasteiger partial charge in [-0.3, -0.25) is 9.78 Å². The molecule has 2 N–H and O–H groups in total. The van der Waals surface area contributed by atoms with Crippen molar-refractivity contribution in [3.63, 3.8) is 0 Å². The smallest absolute Gasteiger partial charge is 0.252 e. The van der Waals surface area contributed by atoms with Gasteiger partial charge in [0.1, 0.15) is 11.6 Å². The Morgan fingerprint density at radius 1 is 1.14 bits per heavy atom. The maximum absolute atomic E-state index is 12.2. The molecule has 4 rings (SSSR count). The maximum atomic E-state index is 12.2. The van der Waals surface area contributed by atoms with Gasteiger partial charge in [-0.1, -0.05) is 6.07 Å². The van der Waals surface area contributed by atoms with Gasteiger partial charge in [0.15, 0.2) is 5.82 Å². The van der Waals surface area contributed by atoms with Crippen LogP contribution in [0.15, 0.2) is 42.7 Å². The highest BCUT2D eigenvalue weighted by molar-refractivity contribution is 5.94. The number of pyridine rings is 2. The lowest BCUT2D eigenvalue weighted by Gasteiger charge is -2.08. The molecule has 144 valence electrons. The Labute approximate surface area is 163 Å². The molecule has 0 bridgehead atoms. The summed E-state index contributed by atoms with van der Waals surface area (Å²) < 4.78 is 2.15. The molecule has 3 aromatic heterocycles. The van der Waals surface area contributed by atoms with Gasteiger partial charge >= 0.3 is 0 Å².